The maximum Gasteiger partial charge on any atom is 0.223 e. The Morgan fingerprint density at radius 2 is 2.35 bits per heavy atom. The molecule has 8 heteroatoms. The summed E-state index contributed by atoms with van der Waals surface area (Å²) in [5.41, 5.74) is 13.3. The van der Waals surface area contributed by atoms with Gasteiger partial charge >= 0.3 is 0 Å². The molecule has 0 fully saturated rings. The van der Waals surface area contributed by atoms with Crippen LogP contribution < -0.4 is 26.9 Å². The van der Waals surface area contributed by atoms with Crippen LogP contribution in [0, 0.1) is 5.21 Å². The minimum atomic E-state index is -0.163. The zero-order valence-electron chi connectivity index (χ0n) is 8.79. The van der Waals surface area contributed by atoms with E-state index in [1.54, 1.807) is 28.7 Å². The molecular weight excluding hydrogens is 354 g/mol. The quantitative estimate of drug-likeness (QED) is 0.309. The molecule has 2 rings (SSSR count). The number of nitrogens with zero attached hydrogens (tertiary/aromatic N) is 1. The molecule has 0 aromatic heterocycles. The molecule has 0 spiro atoms. The predicted octanol–water partition coefficient (Wildman–Crippen LogP) is 0.751. The third-order valence-electron chi connectivity index (χ3n) is 2.55. The summed E-state index contributed by atoms with van der Waals surface area (Å²) in [5, 5.41) is 16.3. The van der Waals surface area contributed by atoms with Crippen molar-refractivity contribution in [2.24, 2.45) is 5.50 Å². The highest BCUT2D eigenvalue weighted by Gasteiger charge is 2.22. The Labute approximate surface area is 114 Å². The number of hydrogen-bond acceptors (Lipinski definition) is 6. The number of carbonyl (C=O) groups excluding carboxylic acids is 1. The number of benzene rings is 1. The Kier molecular flexibility index (Phi) is 3.72. The van der Waals surface area contributed by atoms with Crippen molar-refractivity contribution >= 4 is 57.5 Å². The van der Waals surface area contributed by atoms with Gasteiger partial charge in [-0.2, -0.15) is 0 Å². The van der Waals surface area contributed by atoms with E-state index in [2.05, 4.69) is 5.32 Å². The first-order chi connectivity index (χ1) is 8.06. The standard InChI is InChI=1S/C9H11IN4O2P/c10-9(15)4-3-5(11)6-7(8(4)17-12)14(16)2-1-13-6/h3,13,17H,1-2,11-12H2/q-1. The molecule has 1 aromatic carbocycles. The topological polar surface area (TPSA) is 107 Å². The minimum Gasteiger partial charge on any atom is -0.758 e. The van der Waals surface area contributed by atoms with Crippen molar-refractivity contribution in [1.82, 2.24) is 0 Å². The summed E-state index contributed by atoms with van der Waals surface area (Å²) in [6, 6.07) is 1.58. The van der Waals surface area contributed by atoms with Crippen molar-refractivity contribution in [3.63, 3.8) is 0 Å². The molecule has 1 aromatic rings. The van der Waals surface area contributed by atoms with Gasteiger partial charge in [0.2, 0.25) is 3.79 Å². The number of nitrogens with one attached hydrogen (secondary N) is 1. The van der Waals surface area contributed by atoms with E-state index in [1.165, 1.54) is 0 Å². The number of nitrogen functional groups attached to an aromatic ring is 1. The van der Waals surface area contributed by atoms with Crippen LogP contribution in [0.15, 0.2) is 6.07 Å². The second kappa shape index (κ2) is 4.93. The average Bonchev–Trinajstić information content (AvgIpc) is 2.29. The van der Waals surface area contributed by atoms with Crippen LogP contribution in [-0.2, 0) is 0 Å². The summed E-state index contributed by atoms with van der Waals surface area (Å²) in [6.45, 7) is 0.855. The van der Waals surface area contributed by atoms with Gasteiger partial charge in [-0.25, -0.2) is 0 Å². The van der Waals surface area contributed by atoms with E-state index >= 15 is 0 Å². The fraction of sp³-hybridized carbons (Fsp3) is 0.222. The summed E-state index contributed by atoms with van der Waals surface area (Å²) in [6.07, 6.45) is 0. The maximum absolute atomic E-state index is 11.8. The van der Waals surface area contributed by atoms with Gasteiger partial charge in [0, 0.05) is 46.5 Å². The van der Waals surface area contributed by atoms with Gasteiger partial charge in [-0.15, -0.1) is 0 Å². The fourth-order valence-electron chi connectivity index (χ4n) is 1.82. The monoisotopic (exact) mass is 365 g/mol. The van der Waals surface area contributed by atoms with Crippen LogP contribution in [0.5, 0.6) is 0 Å². The number of rotatable bonds is 2. The third-order valence-corrected chi connectivity index (χ3v) is 3.93. The van der Waals surface area contributed by atoms with Gasteiger partial charge in [0.25, 0.3) is 0 Å². The zero-order chi connectivity index (χ0) is 12.6. The minimum absolute atomic E-state index is 0.120. The molecule has 1 aliphatic heterocycles. The van der Waals surface area contributed by atoms with Crippen molar-refractivity contribution in [2.45, 2.75) is 0 Å². The molecule has 0 bridgehead atoms. The molecule has 1 atom stereocenters. The summed E-state index contributed by atoms with van der Waals surface area (Å²) < 4.78 is -0.163. The SMILES string of the molecule is NPc1c(C(=O)I)cc(N)c2c1N([O-])CCN2. The van der Waals surface area contributed by atoms with E-state index in [1.807, 2.05) is 0 Å². The van der Waals surface area contributed by atoms with Crippen molar-refractivity contribution < 1.29 is 4.79 Å². The van der Waals surface area contributed by atoms with E-state index in [4.69, 9.17) is 11.2 Å². The highest BCUT2D eigenvalue weighted by Crippen LogP contribution is 2.36. The lowest BCUT2D eigenvalue weighted by Gasteiger charge is -2.39. The van der Waals surface area contributed by atoms with Crippen LogP contribution in [0.25, 0.3) is 0 Å². The normalized spacial score (nSPS) is 14.9. The van der Waals surface area contributed by atoms with Crippen LogP contribution in [-0.4, -0.2) is 16.9 Å². The van der Waals surface area contributed by atoms with Crippen molar-refractivity contribution in [3.8, 4) is 0 Å². The van der Waals surface area contributed by atoms with E-state index in [0.717, 1.165) is 5.06 Å². The van der Waals surface area contributed by atoms with Crippen molar-refractivity contribution in [3.05, 3.63) is 16.8 Å². The molecule has 1 aliphatic rings. The maximum atomic E-state index is 11.8. The Balaban J connectivity index is 2.72. The highest BCUT2D eigenvalue weighted by atomic mass is 127. The van der Waals surface area contributed by atoms with Crippen LogP contribution in [0.4, 0.5) is 17.1 Å². The summed E-state index contributed by atoms with van der Waals surface area (Å²) in [7, 11) is -0.120. The van der Waals surface area contributed by atoms with E-state index < -0.39 is 0 Å². The Morgan fingerprint density at radius 1 is 1.65 bits per heavy atom. The van der Waals surface area contributed by atoms with Crippen molar-refractivity contribution in [2.75, 3.05) is 29.2 Å². The molecule has 0 saturated carbocycles. The van der Waals surface area contributed by atoms with Gasteiger partial charge < -0.3 is 26.8 Å². The zero-order valence-corrected chi connectivity index (χ0v) is 11.9. The first kappa shape index (κ1) is 12.8. The first-order valence-corrected chi connectivity index (χ1v) is 7.03. The largest absolute Gasteiger partial charge is 0.758 e. The second-order valence-corrected chi connectivity index (χ2v) is 5.33. The Morgan fingerprint density at radius 3 is 2.94 bits per heavy atom. The van der Waals surface area contributed by atoms with Gasteiger partial charge in [0.1, 0.15) is 0 Å². The van der Waals surface area contributed by atoms with Gasteiger partial charge in [-0.3, -0.25) is 4.79 Å². The smallest absolute Gasteiger partial charge is 0.223 e. The number of halogens is 1. The van der Waals surface area contributed by atoms with E-state index in [0.29, 0.717) is 41.0 Å². The molecule has 0 amide bonds. The molecule has 0 aliphatic carbocycles. The van der Waals surface area contributed by atoms with Crippen LogP contribution >= 0.6 is 31.3 Å². The molecular formula is C9H11IN4O2P-. The van der Waals surface area contributed by atoms with Crippen LogP contribution in [0.3, 0.4) is 0 Å². The van der Waals surface area contributed by atoms with Gasteiger partial charge in [0.15, 0.2) is 0 Å². The van der Waals surface area contributed by atoms with Crippen LogP contribution in [0.2, 0.25) is 0 Å². The highest BCUT2D eigenvalue weighted by molar-refractivity contribution is 14.1. The lowest BCUT2D eigenvalue weighted by molar-refractivity contribution is 0.110. The number of fused-ring (bicyclic) bond motifs is 1. The number of hydroxylamine groups is 1. The van der Waals surface area contributed by atoms with E-state index in [-0.39, 0.29) is 12.5 Å². The molecule has 1 heterocycles. The van der Waals surface area contributed by atoms with Crippen LogP contribution in [0.1, 0.15) is 10.4 Å². The number of carbonyl (C=O) groups is 1. The van der Waals surface area contributed by atoms with Gasteiger partial charge in [0.05, 0.1) is 17.1 Å². The molecule has 17 heavy (non-hydrogen) atoms. The molecule has 5 N–H and O–H groups in total. The molecule has 0 saturated heterocycles. The molecule has 0 radical (unpaired) electrons. The summed E-state index contributed by atoms with van der Waals surface area (Å²) >= 11 is 1.67. The predicted molar refractivity (Wildman–Crippen MR) is 80.5 cm³/mol. The fourth-order valence-corrected chi connectivity index (χ4v) is 3.23. The van der Waals surface area contributed by atoms with Crippen molar-refractivity contribution in [1.29, 1.82) is 0 Å². The van der Waals surface area contributed by atoms with Gasteiger partial charge in [-0.1, -0.05) is 0 Å². The number of nitrogens with two attached hydrogens (primary N) is 2. The lowest BCUT2D eigenvalue weighted by Crippen LogP contribution is -2.34. The number of anilines is 3. The average molecular weight is 365 g/mol. The number of hydrogen-bond donors (Lipinski definition) is 3. The van der Waals surface area contributed by atoms with E-state index in [9.17, 15) is 10.0 Å². The molecule has 1 unspecified atom stereocenters. The second-order valence-electron chi connectivity index (χ2n) is 3.56. The summed E-state index contributed by atoms with van der Waals surface area (Å²) in [5.74, 6) is 0. The Hall–Kier alpha value is -0.630. The van der Waals surface area contributed by atoms with Gasteiger partial charge in [-0.05, 0) is 14.8 Å². The first-order valence-electron chi connectivity index (χ1n) is 4.87. The third kappa shape index (κ3) is 2.20. The Bertz CT molecular complexity index is 483. The molecule has 6 nitrogen and oxygen atoms in total. The summed E-state index contributed by atoms with van der Waals surface area (Å²) in [4.78, 5) is 11.5. The lowest BCUT2D eigenvalue weighted by atomic mass is 10.1. The molecule has 92 valence electrons.